The Balaban J connectivity index is 1.69. The third kappa shape index (κ3) is 5.21. The predicted molar refractivity (Wildman–Crippen MR) is 134 cm³/mol. The molecular formula is C25H13F9N6O2S. The maximum absolute atomic E-state index is 14.3. The van der Waals surface area contributed by atoms with Crippen molar-refractivity contribution in [2.75, 3.05) is 5.32 Å². The average Bonchev–Trinajstić information content (AvgIpc) is 3.49. The third-order valence-corrected chi connectivity index (χ3v) is 7.13. The van der Waals surface area contributed by atoms with Crippen LogP contribution in [0.15, 0.2) is 42.5 Å². The lowest BCUT2D eigenvalue weighted by Gasteiger charge is -2.20. The van der Waals surface area contributed by atoms with Crippen LogP contribution in [0.25, 0.3) is 27.0 Å². The van der Waals surface area contributed by atoms with Crippen LogP contribution < -0.4 is 11.1 Å². The fourth-order valence-electron chi connectivity index (χ4n) is 4.15. The van der Waals surface area contributed by atoms with E-state index in [4.69, 9.17) is 5.73 Å². The molecule has 0 spiro atoms. The molecule has 4 aromatic heterocycles. The number of primary amides is 1. The third-order valence-electron chi connectivity index (χ3n) is 6.04. The summed E-state index contributed by atoms with van der Waals surface area (Å²) in [4.78, 5) is 32.0. The van der Waals surface area contributed by atoms with Gasteiger partial charge in [0.1, 0.15) is 26.9 Å². The Labute approximate surface area is 237 Å². The lowest BCUT2D eigenvalue weighted by molar-refractivity contribution is -0.291. The second-order valence-corrected chi connectivity index (χ2v) is 10.0. The van der Waals surface area contributed by atoms with Crippen molar-refractivity contribution in [1.29, 1.82) is 0 Å². The van der Waals surface area contributed by atoms with Crippen molar-refractivity contribution in [3.8, 4) is 11.1 Å². The van der Waals surface area contributed by atoms with Crippen LogP contribution >= 0.6 is 11.3 Å². The van der Waals surface area contributed by atoms with E-state index in [2.05, 4.69) is 20.4 Å². The van der Waals surface area contributed by atoms with E-state index >= 15 is 0 Å². The Bertz CT molecular complexity index is 1930. The molecule has 1 aromatic carbocycles. The van der Waals surface area contributed by atoms with Crippen LogP contribution in [0.4, 0.5) is 45.2 Å². The van der Waals surface area contributed by atoms with Crippen LogP contribution in [-0.2, 0) is 12.1 Å². The standard InChI is InChI=1S/C25H13F9N6O2S/c1-9-6-15(23(27,28)25(32,33)34)40-16(36-9)8-13(39-40)21(42)38-18-17-12(10-2-4-11(26)5-3-10)7-14(24(29,30)31)37-22(17)43-19(18)20(35)41/h2-8H,1H3,(H2,35,41)(H,38,42). The van der Waals surface area contributed by atoms with Crippen molar-refractivity contribution in [1.82, 2.24) is 19.6 Å². The highest BCUT2D eigenvalue weighted by Gasteiger charge is 2.60. The molecule has 43 heavy (non-hydrogen) atoms. The Morgan fingerprint density at radius 2 is 1.60 bits per heavy atom. The number of aromatic nitrogens is 4. The van der Waals surface area contributed by atoms with E-state index < -0.39 is 74.0 Å². The normalized spacial score (nSPS) is 12.7. The number of hydrogen-bond acceptors (Lipinski definition) is 6. The van der Waals surface area contributed by atoms with Crippen LogP contribution in [0.2, 0.25) is 0 Å². The number of rotatable bonds is 5. The molecule has 0 unspecified atom stereocenters. The lowest BCUT2D eigenvalue weighted by atomic mass is 10.0. The van der Waals surface area contributed by atoms with Gasteiger partial charge in [-0.2, -0.15) is 40.2 Å². The molecule has 8 nitrogen and oxygen atoms in total. The highest BCUT2D eigenvalue weighted by Crippen LogP contribution is 2.45. The van der Waals surface area contributed by atoms with E-state index in [0.717, 1.165) is 37.3 Å². The fraction of sp³-hybridized carbons (Fsp3) is 0.160. The quantitative estimate of drug-likeness (QED) is 0.216. The van der Waals surface area contributed by atoms with Gasteiger partial charge < -0.3 is 11.1 Å². The number of halogens is 9. The predicted octanol–water partition coefficient (Wildman–Crippen LogP) is 6.48. The summed E-state index contributed by atoms with van der Waals surface area (Å²) in [6.45, 7) is 1.14. The van der Waals surface area contributed by atoms with Crippen LogP contribution in [0.1, 0.15) is 37.2 Å². The van der Waals surface area contributed by atoms with Gasteiger partial charge in [-0.25, -0.2) is 18.9 Å². The zero-order chi connectivity index (χ0) is 31.6. The number of carbonyl (C=O) groups is 2. The van der Waals surface area contributed by atoms with Gasteiger partial charge >= 0.3 is 18.3 Å². The first-order chi connectivity index (χ1) is 19.9. The number of carbonyl (C=O) groups excluding carboxylic acids is 2. The van der Waals surface area contributed by atoms with E-state index in [9.17, 15) is 49.1 Å². The number of nitrogens with zero attached hydrogens (tertiary/aromatic N) is 4. The molecule has 5 rings (SSSR count). The molecule has 224 valence electrons. The van der Waals surface area contributed by atoms with Crippen LogP contribution in [-0.4, -0.2) is 37.6 Å². The maximum atomic E-state index is 14.3. The van der Waals surface area contributed by atoms with Crippen molar-refractivity contribution < 1.29 is 49.1 Å². The minimum Gasteiger partial charge on any atom is -0.365 e. The SMILES string of the molecule is Cc1cc(C(F)(F)C(F)(F)F)n2nc(C(=O)Nc3c(C(N)=O)sc4nc(C(F)(F)F)cc(-c5ccc(F)cc5)c34)cc2n1. The van der Waals surface area contributed by atoms with Crippen LogP contribution in [0, 0.1) is 12.7 Å². The molecule has 4 heterocycles. The summed E-state index contributed by atoms with van der Waals surface area (Å²) in [6, 6.07) is 6.00. The van der Waals surface area contributed by atoms with Crippen molar-refractivity contribution in [2.45, 2.75) is 25.2 Å². The van der Waals surface area contributed by atoms with Gasteiger partial charge in [0.15, 0.2) is 11.3 Å². The number of benzene rings is 1. The number of amides is 2. The number of anilines is 1. The van der Waals surface area contributed by atoms with Crippen molar-refractivity contribution >= 4 is 44.7 Å². The first-order valence-corrected chi connectivity index (χ1v) is 12.4. The molecule has 5 aromatic rings. The first kappa shape index (κ1) is 29.7. The van der Waals surface area contributed by atoms with E-state index in [1.54, 1.807) is 0 Å². The number of hydrogen-bond donors (Lipinski definition) is 2. The lowest BCUT2D eigenvalue weighted by Crippen LogP contribution is -2.36. The first-order valence-electron chi connectivity index (χ1n) is 11.6. The molecular weight excluding hydrogens is 619 g/mol. The minimum atomic E-state index is -6.02. The van der Waals surface area contributed by atoms with Gasteiger partial charge in [0.05, 0.1) is 5.69 Å². The Hall–Kier alpha value is -4.74. The molecule has 18 heteroatoms. The summed E-state index contributed by atoms with van der Waals surface area (Å²) < 4.78 is 123. The van der Waals surface area contributed by atoms with Gasteiger partial charge in [-0.15, -0.1) is 11.3 Å². The van der Waals surface area contributed by atoms with E-state index in [0.29, 0.717) is 23.5 Å². The summed E-state index contributed by atoms with van der Waals surface area (Å²) in [5.74, 6) is -8.58. The summed E-state index contributed by atoms with van der Waals surface area (Å²) in [5, 5.41) is 5.57. The zero-order valence-corrected chi connectivity index (χ0v) is 21.9. The molecule has 0 atom stereocenters. The van der Waals surface area contributed by atoms with Crippen molar-refractivity contribution in [3.63, 3.8) is 0 Å². The highest BCUT2D eigenvalue weighted by atomic mass is 32.1. The molecule has 0 aliphatic carbocycles. The number of thiophene rings is 1. The Morgan fingerprint density at radius 1 is 0.953 bits per heavy atom. The summed E-state index contributed by atoms with van der Waals surface area (Å²) in [7, 11) is 0. The molecule has 3 N–H and O–H groups in total. The highest BCUT2D eigenvalue weighted by molar-refractivity contribution is 7.21. The largest absolute Gasteiger partial charge is 0.459 e. The fourth-order valence-corrected chi connectivity index (χ4v) is 5.16. The Morgan fingerprint density at radius 3 is 2.19 bits per heavy atom. The van der Waals surface area contributed by atoms with Gasteiger partial charge in [-0.05, 0) is 42.3 Å². The number of nitrogens with two attached hydrogens (primary N) is 1. The second-order valence-electron chi connectivity index (χ2n) is 9.02. The average molecular weight is 632 g/mol. The van der Waals surface area contributed by atoms with E-state index in [1.165, 1.54) is 0 Å². The topological polar surface area (TPSA) is 115 Å². The molecule has 0 aliphatic rings. The van der Waals surface area contributed by atoms with Gasteiger partial charge in [-0.3, -0.25) is 9.59 Å². The number of nitrogens with one attached hydrogen (secondary N) is 1. The molecule has 0 fully saturated rings. The summed E-state index contributed by atoms with van der Waals surface area (Å²) in [6.07, 6.45) is -11.0. The molecule has 0 radical (unpaired) electrons. The van der Waals surface area contributed by atoms with E-state index in [1.807, 2.05) is 0 Å². The molecule has 2 amide bonds. The number of pyridine rings is 1. The number of fused-ring (bicyclic) bond motifs is 2. The second kappa shape index (κ2) is 9.92. The zero-order valence-electron chi connectivity index (χ0n) is 21.0. The number of alkyl halides is 8. The van der Waals surface area contributed by atoms with Gasteiger partial charge in [-0.1, -0.05) is 12.1 Å². The summed E-state index contributed by atoms with van der Waals surface area (Å²) >= 11 is 0.390. The monoisotopic (exact) mass is 632 g/mol. The maximum Gasteiger partial charge on any atom is 0.459 e. The van der Waals surface area contributed by atoms with Crippen LogP contribution in [0.5, 0.6) is 0 Å². The molecule has 0 bridgehead atoms. The van der Waals surface area contributed by atoms with Crippen LogP contribution in [0.3, 0.4) is 0 Å². The molecule has 0 aliphatic heterocycles. The Kier molecular flexibility index (Phi) is 6.86. The molecule has 0 saturated carbocycles. The van der Waals surface area contributed by atoms with E-state index in [-0.39, 0.29) is 26.7 Å². The van der Waals surface area contributed by atoms with Crippen molar-refractivity contribution in [3.05, 3.63) is 75.9 Å². The smallest absolute Gasteiger partial charge is 0.365 e. The minimum absolute atomic E-state index is 0.0232. The van der Waals surface area contributed by atoms with Gasteiger partial charge in [0, 0.05) is 17.1 Å². The van der Waals surface area contributed by atoms with Crippen molar-refractivity contribution in [2.24, 2.45) is 5.73 Å². The number of aryl methyl sites for hydroxylation is 1. The summed E-state index contributed by atoms with van der Waals surface area (Å²) in [5.41, 5.74) is 0.181. The van der Waals surface area contributed by atoms with Gasteiger partial charge in [0.2, 0.25) is 0 Å². The van der Waals surface area contributed by atoms with Gasteiger partial charge in [0.25, 0.3) is 11.8 Å². The molecule has 0 saturated heterocycles.